The molecular weight excluding hydrogens is 242 g/mol. The number of hydrogen-bond acceptors (Lipinski definition) is 5. The number of ether oxygens (including phenoxy) is 1. The van der Waals surface area contributed by atoms with Crippen molar-refractivity contribution in [2.24, 2.45) is 5.14 Å². The summed E-state index contributed by atoms with van der Waals surface area (Å²) in [4.78, 5) is -0.0542. The smallest absolute Gasteiger partial charge is 0.240 e. The zero-order valence-electron chi connectivity index (χ0n) is 9.22. The molecule has 0 aromatic heterocycles. The highest BCUT2D eigenvalue weighted by Gasteiger charge is 2.19. The van der Waals surface area contributed by atoms with Crippen molar-refractivity contribution in [3.8, 4) is 0 Å². The predicted octanol–water partition coefficient (Wildman–Crippen LogP) is 0.117. The molecule has 2 rings (SSSR count). The fourth-order valence-corrected chi connectivity index (χ4v) is 2.47. The normalized spacial score (nSPS) is 20.4. The van der Waals surface area contributed by atoms with Crippen molar-refractivity contribution < 1.29 is 13.2 Å². The average Bonchev–Trinajstić information content (AvgIpc) is 2.72. The summed E-state index contributed by atoms with van der Waals surface area (Å²) in [5, 5.41) is 8.23. The van der Waals surface area contributed by atoms with Crippen molar-refractivity contribution in [3.63, 3.8) is 0 Å². The summed E-state index contributed by atoms with van der Waals surface area (Å²) in [6.07, 6.45) is 0.874. The maximum absolute atomic E-state index is 11.3. The number of primary sulfonamides is 1. The monoisotopic (exact) mass is 257 g/mol. The van der Waals surface area contributed by atoms with Gasteiger partial charge in [-0.05, 0) is 18.6 Å². The van der Waals surface area contributed by atoms with Gasteiger partial charge in [-0.1, -0.05) is 6.07 Å². The fourth-order valence-electron chi connectivity index (χ4n) is 1.79. The molecule has 1 saturated heterocycles. The van der Waals surface area contributed by atoms with Crippen molar-refractivity contribution in [1.29, 1.82) is 0 Å². The van der Waals surface area contributed by atoms with Gasteiger partial charge in [-0.2, -0.15) is 0 Å². The number of sulfonamides is 1. The number of hydrogen-bond donors (Lipinski definition) is 3. The molecule has 1 aromatic rings. The SMILES string of the molecule is Nc1c(NC2CCOC2)cccc1S(N)(=O)=O. The van der Waals surface area contributed by atoms with Crippen LogP contribution in [0.15, 0.2) is 23.1 Å². The molecule has 1 heterocycles. The molecule has 1 fully saturated rings. The van der Waals surface area contributed by atoms with E-state index in [2.05, 4.69) is 5.32 Å². The van der Waals surface area contributed by atoms with Gasteiger partial charge in [-0.15, -0.1) is 0 Å². The van der Waals surface area contributed by atoms with E-state index in [1.807, 2.05) is 0 Å². The quantitative estimate of drug-likeness (QED) is 0.666. The van der Waals surface area contributed by atoms with Gasteiger partial charge >= 0.3 is 0 Å². The first-order valence-electron chi connectivity index (χ1n) is 5.24. The Morgan fingerprint density at radius 1 is 1.41 bits per heavy atom. The van der Waals surface area contributed by atoms with Crippen LogP contribution in [-0.2, 0) is 14.8 Å². The lowest BCUT2D eigenvalue weighted by Gasteiger charge is -2.15. The lowest BCUT2D eigenvalue weighted by Crippen LogP contribution is -2.21. The predicted molar refractivity (Wildman–Crippen MR) is 65.1 cm³/mol. The maximum Gasteiger partial charge on any atom is 0.240 e. The van der Waals surface area contributed by atoms with E-state index >= 15 is 0 Å². The minimum atomic E-state index is -3.79. The van der Waals surface area contributed by atoms with E-state index in [9.17, 15) is 8.42 Å². The van der Waals surface area contributed by atoms with Gasteiger partial charge in [0.1, 0.15) is 4.90 Å². The Morgan fingerprint density at radius 2 is 2.18 bits per heavy atom. The van der Waals surface area contributed by atoms with Crippen LogP contribution in [0.1, 0.15) is 6.42 Å². The number of rotatable bonds is 3. The molecule has 0 amide bonds. The highest BCUT2D eigenvalue weighted by atomic mass is 32.2. The molecule has 1 aliphatic rings. The lowest BCUT2D eigenvalue weighted by molar-refractivity contribution is 0.195. The van der Waals surface area contributed by atoms with E-state index in [-0.39, 0.29) is 16.6 Å². The van der Waals surface area contributed by atoms with Gasteiger partial charge in [0.15, 0.2) is 0 Å². The topological polar surface area (TPSA) is 107 Å². The molecule has 0 aliphatic carbocycles. The summed E-state index contributed by atoms with van der Waals surface area (Å²) in [6, 6.07) is 4.88. The lowest BCUT2D eigenvalue weighted by atomic mass is 10.2. The van der Waals surface area contributed by atoms with Crippen molar-refractivity contribution in [2.45, 2.75) is 17.4 Å². The molecule has 0 spiro atoms. The van der Waals surface area contributed by atoms with Crippen LogP contribution >= 0.6 is 0 Å². The van der Waals surface area contributed by atoms with Crippen molar-refractivity contribution in [1.82, 2.24) is 0 Å². The van der Waals surface area contributed by atoms with Crippen molar-refractivity contribution >= 4 is 21.4 Å². The molecular formula is C10H15N3O3S. The number of benzene rings is 1. The second-order valence-electron chi connectivity index (χ2n) is 3.97. The van der Waals surface area contributed by atoms with Gasteiger partial charge in [-0.25, -0.2) is 13.6 Å². The number of anilines is 2. The van der Waals surface area contributed by atoms with Crippen LogP contribution in [0, 0.1) is 0 Å². The minimum absolute atomic E-state index is 0.0542. The van der Waals surface area contributed by atoms with Crippen molar-refractivity contribution in [3.05, 3.63) is 18.2 Å². The Kier molecular flexibility index (Phi) is 3.23. The maximum atomic E-state index is 11.3. The van der Waals surface area contributed by atoms with Crippen LogP contribution in [0.4, 0.5) is 11.4 Å². The molecule has 6 nitrogen and oxygen atoms in total. The highest BCUT2D eigenvalue weighted by molar-refractivity contribution is 7.89. The summed E-state index contributed by atoms with van der Waals surface area (Å²) >= 11 is 0. The Labute approximate surface area is 100.0 Å². The third kappa shape index (κ3) is 2.68. The van der Waals surface area contributed by atoms with Crippen LogP contribution in [0.5, 0.6) is 0 Å². The summed E-state index contributed by atoms with van der Waals surface area (Å²) in [6.45, 7) is 1.30. The van der Waals surface area contributed by atoms with E-state index in [0.29, 0.717) is 18.9 Å². The second-order valence-corrected chi connectivity index (χ2v) is 5.50. The molecule has 1 aliphatic heterocycles. The Bertz CT molecular complexity index is 510. The average molecular weight is 257 g/mol. The molecule has 7 heteroatoms. The third-order valence-electron chi connectivity index (χ3n) is 2.66. The van der Waals surface area contributed by atoms with Crippen molar-refractivity contribution in [2.75, 3.05) is 24.3 Å². The Hall–Kier alpha value is -1.31. The molecule has 17 heavy (non-hydrogen) atoms. The molecule has 0 bridgehead atoms. The fraction of sp³-hybridized carbons (Fsp3) is 0.400. The van der Waals surface area contributed by atoms with Gasteiger partial charge in [0.2, 0.25) is 10.0 Å². The van der Waals surface area contributed by atoms with Crippen LogP contribution < -0.4 is 16.2 Å². The summed E-state index contributed by atoms with van der Waals surface area (Å²) in [7, 11) is -3.79. The minimum Gasteiger partial charge on any atom is -0.396 e. The first-order valence-corrected chi connectivity index (χ1v) is 6.78. The van der Waals surface area contributed by atoms with Gasteiger partial charge < -0.3 is 15.8 Å². The van der Waals surface area contributed by atoms with E-state index < -0.39 is 10.0 Å². The van der Waals surface area contributed by atoms with Crippen LogP contribution in [0.25, 0.3) is 0 Å². The first-order chi connectivity index (χ1) is 7.98. The van der Waals surface area contributed by atoms with E-state index in [4.69, 9.17) is 15.6 Å². The molecule has 94 valence electrons. The molecule has 0 saturated carbocycles. The van der Waals surface area contributed by atoms with Gasteiger partial charge in [0.05, 0.1) is 24.0 Å². The summed E-state index contributed by atoms with van der Waals surface area (Å²) in [5.74, 6) is 0. The van der Waals surface area contributed by atoms with Gasteiger partial charge in [0.25, 0.3) is 0 Å². The Morgan fingerprint density at radius 3 is 2.76 bits per heavy atom. The summed E-state index contributed by atoms with van der Waals surface area (Å²) in [5.41, 5.74) is 6.52. The zero-order valence-corrected chi connectivity index (χ0v) is 10.0. The van der Waals surface area contributed by atoms with Gasteiger partial charge in [0, 0.05) is 6.61 Å². The molecule has 0 radical (unpaired) electrons. The Balaban J connectivity index is 2.29. The number of para-hydroxylation sites is 1. The molecule has 1 aromatic carbocycles. The van der Waals surface area contributed by atoms with Crippen LogP contribution in [0.2, 0.25) is 0 Å². The van der Waals surface area contributed by atoms with E-state index in [1.165, 1.54) is 6.07 Å². The number of nitrogens with two attached hydrogens (primary N) is 2. The standard InChI is InChI=1S/C10H15N3O3S/c11-10-8(13-7-4-5-16-6-7)2-1-3-9(10)17(12,14)15/h1-3,7,13H,4-6,11H2,(H2,12,14,15). The van der Waals surface area contributed by atoms with Gasteiger partial charge in [-0.3, -0.25) is 0 Å². The third-order valence-corrected chi connectivity index (χ3v) is 3.63. The molecule has 1 unspecified atom stereocenters. The number of nitrogens with one attached hydrogen (secondary N) is 1. The second kappa shape index (κ2) is 4.52. The zero-order chi connectivity index (χ0) is 12.5. The van der Waals surface area contributed by atoms with Crippen LogP contribution in [-0.4, -0.2) is 27.7 Å². The number of nitrogen functional groups attached to an aromatic ring is 1. The summed E-state index contributed by atoms with van der Waals surface area (Å²) < 4.78 is 27.8. The van der Waals surface area contributed by atoms with E-state index in [0.717, 1.165) is 6.42 Å². The van der Waals surface area contributed by atoms with E-state index in [1.54, 1.807) is 12.1 Å². The first kappa shape index (κ1) is 12.2. The molecule has 1 atom stereocenters. The molecule has 5 N–H and O–H groups in total. The van der Waals surface area contributed by atoms with Crippen LogP contribution in [0.3, 0.4) is 0 Å². The largest absolute Gasteiger partial charge is 0.396 e. The highest BCUT2D eigenvalue weighted by Crippen LogP contribution is 2.27.